The highest BCUT2D eigenvalue weighted by molar-refractivity contribution is 6.37. The summed E-state index contributed by atoms with van der Waals surface area (Å²) in [7, 11) is 0. The zero-order valence-electron chi connectivity index (χ0n) is 20.6. The van der Waals surface area contributed by atoms with Crippen LogP contribution in [-0.2, 0) is 41.9 Å². The van der Waals surface area contributed by atoms with Gasteiger partial charge in [0.2, 0.25) is 5.95 Å². The molecule has 2 aromatic carbocycles. The van der Waals surface area contributed by atoms with Crippen molar-refractivity contribution in [1.82, 2.24) is 9.97 Å². The van der Waals surface area contributed by atoms with Gasteiger partial charge in [-0.05, 0) is 30.4 Å². The summed E-state index contributed by atoms with van der Waals surface area (Å²) in [6.07, 6.45) is 2.98. The number of piperidine rings is 1. The number of hydrogen-bond donors (Lipinski definition) is 2. The fourth-order valence-electron chi connectivity index (χ4n) is 3.74. The summed E-state index contributed by atoms with van der Waals surface area (Å²) in [6.45, 7) is 1.29. The number of amides is 2. The van der Waals surface area contributed by atoms with E-state index >= 15 is 0 Å². The maximum Gasteiger partial charge on any atom is 0.397 e. The number of hydrogen-bond acceptors (Lipinski definition) is 9. The molecule has 1 aromatic heterocycles. The largest absolute Gasteiger partial charge is 0.454 e. The molecule has 2 N–H and O–H groups in total. The number of aromatic nitrogens is 2. The van der Waals surface area contributed by atoms with Crippen molar-refractivity contribution in [2.24, 2.45) is 0 Å². The van der Waals surface area contributed by atoms with Crippen LogP contribution in [0.25, 0.3) is 0 Å². The first-order valence-corrected chi connectivity index (χ1v) is 12.2. The number of carbonyl (C=O) groups is 4. The summed E-state index contributed by atoms with van der Waals surface area (Å²) < 4.78 is 10.1. The van der Waals surface area contributed by atoms with Crippen LogP contribution in [0.15, 0.2) is 66.7 Å². The highest BCUT2D eigenvalue weighted by atomic mass is 16.5. The van der Waals surface area contributed by atoms with Gasteiger partial charge >= 0.3 is 23.8 Å². The third-order valence-corrected chi connectivity index (χ3v) is 5.66. The first-order chi connectivity index (χ1) is 18.5. The molecule has 0 atom stereocenters. The van der Waals surface area contributed by atoms with E-state index in [0.717, 1.165) is 43.5 Å². The van der Waals surface area contributed by atoms with Gasteiger partial charge in [0.05, 0.1) is 0 Å². The fraction of sp³-hybridized carbons (Fsp3) is 0.259. The quantitative estimate of drug-likeness (QED) is 0.358. The second kappa shape index (κ2) is 12.9. The van der Waals surface area contributed by atoms with E-state index in [-0.39, 0.29) is 25.0 Å². The molecule has 0 radical (unpaired) electrons. The zero-order valence-corrected chi connectivity index (χ0v) is 20.6. The van der Waals surface area contributed by atoms with E-state index in [2.05, 4.69) is 20.6 Å². The van der Waals surface area contributed by atoms with Crippen LogP contribution in [0.1, 0.15) is 30.4 Å². The van der Waals surface area contributed by atoms with Crippen molar-refractivity contribution in [1.29, 1.82) is 0 Å². The molecule has 0 aliphatic carbocycles. The minimum Gasteiger partial charge on any atom is -0.454 e. The predicted molar refractivity (Wildman–Crippen MR) is 138 cm³/mol. The van der Waals surface area contributed by atoms with Crippen molar-refractivity contribution in [3.8, 4) is 0 Å². The van der Waals surface area contributed by atoms with Gasteiger partial charge in [0.1, 0.15) is 24.8 Å². The molecule has 1 fully saturated rings. The van der Waals surface area contributed by atoms with Crippen LogP contribution in [0.4, 0.5) is 17.6 Å². The van der Waals surface area contributed by atoms with Gasteiger partial charge in [-0.15, -0.1) is 0 Å². The molecule has 2 heterocycles. The van der Waals surface area contributed by atoms with Crippen LogP contribution >= 0.6 is 0 Å². The third kappa shape index (κ3) is 7.60. The SMILES string of the molecule is O=C(Nc1cc(N2CCCCC2)nc(NC(=O)C(=O)OCc2ccccc2)n1)C(=O)OCc1ccccc1. The van der Waals surface area contributed by atoms with Crippen molar-refractivity contribution < 1.29 is 28.7 Å². The first kappa shape index (κ1) is 26.3. The molecule has 3 aromatic rings. The number of carbonyl (C=O) groups excluding carboxylic acids is 4. The van der Waals surface area contributed by atoms with E-state index < -0.39 is 23.8 Å². The minimum atomic E-state index is -1.11. The standard InChI is InChI=1S/C27H27N5O6/c33-23(25(35)37-17-19-10-4-1-5-11-19)28-21-16-22(32-14-8-3-9-15-32)30-27(29-21)31-24(34)26(36)38-18-20-12-6-2-7-13-20/h1-2,4-7,10-13,16H,3,8-9,14-15,17-18H2,(H2,28,29,30,31,33,34). The normalized spacial score (nSPS) is 12.8. The van der Waals surface area contributed by atoms with Gasteiger partial charge in [-0.1, -0.05) is 60.7 Å². The lowest BCUT2D eigenvalue weighted by Crippen LogP contribution is -2.32. The van der Waals surface area contributed by atoms with Crippen molar-refractivity contribution in [2.45, 2.75) is 32.5 Å². The number of nitrogens with zero attached hydrogens (tertiary/aromatic N) is 3. The number of benzene rings is 2. The van der Waals surface area contributed by atoms with Gasteiger partial charge in [0, 0.05) is 19.2 Å². The van der Waals surface area contributed by atoms with E-state index in [1.807, 2.05) is 17.0 Å². The molecule has 2 amide bonds. The van der Waals surface area contributed by atoms with E-state index in [0.29, 0.717) is 5.82 Å². The molecular weight excluding hydrogens is 490 g/mol. The lowest BCUT2D eigenvalue weighted by Gasteiger charge is -2.28. The van der Waals surface area contributed by atoms with E-state index in [1.165, 1.54) is 6.07 Å². The summed E-state index contributed by atoms with van der Waals surface area (Å²) >= 11 is 0. The van der Waals surface area contributed by atoms with Crippen LogP contribution in [0.2, 0.25) is 0 Å². The number of rotatable bonds is 7. The molecule has 4 rings (SSSR count). The predicted octanol–water partition coefficient (Wildman–Crippen LogP) is 2.83. The average molecular weight is 518 g/mol. The number of nitrogens with one attached hydrogen (secondary N) is 2. The summed E-state index contributed by atoms with van der Waals surface area (Å²) in [4.78, 5) is 59.7. The zero-order chi connectivity index (χ0) is 26.7. The van der Waals surface area contributed by atoms with E-state index in [4.69, 9.17) is 9.47 Å². The molecule has 11 heteroatoms. The summed E-state index contributed by atoms with van der Waals surface area (Å²) in [5.74, 6) is -4.14. The van der Waals surface area contributed by atoms with E-state index in [1.54, 1.807) is 48.5 Å². The lowest BCUT2D eigenvalue weighted by molar-refractivity contribution is -0.153. The Hall–Kier alpha value is -4.80. The van der Waals surface area contributed by atoms with Crippen molar-refractivity contribution in [3.05, 3.63) is 77.9 Å². The van der Waals surface area contributed by atoms with Gasteiger partial charge in [-0.2, -0.15) is 9.97 Å². The van der Waals surface area contributed by atoms with Gasteiger partial charge in [0.25, 0.3) is 0 Å². The molecule has 11 nitrogen and oxygen atoms in total. The molecule has 0 spiro atoms. The summed E-state index contributed by atoms with van der Waals surface area (Å²) in [5.41, 5.74) is 1.45. The van der Waals surface area contributed by atoms with Crippen molar-refractivity contribution >= 4 is 41.3 Å². The Kier molecular flexibility index (Phi) is 8.95. The Morgan fingerprint density at radius 1 is 0.711 bits per heavy atom. The van der Waals surface area contributed by atoms with Crippen LogP contribution < -0.4 is 15.5 Å². The molecule has 1 aliphatic heterocycles. The maximum atomic E-state index is 12.5. The second-order valence-corrected chi connectivity index (χ2v) is 8.51. The second-order valence-electron chi connectivity index (χ2n) is 8.51. The Balaban J connectivity index is 1.43. The number of ether oxygens (including phenoxy) is 2. The Morgan fingerprint density at radius 3 is 1.79 bits per heavy atom. The maximum absolute atomic E-state index is 12.5. The van der Waals surface area contributed by atoms with Crippen LogP contribution in [0, 0.1) is 0 Å². The highest BCUT2D eigenvalue weighted by Crippen LogP contribution is 2.22. The van der Waals surface area contributed by atoms with Gasteiger partial charge < -0.3 is 19.7 Å². The monoisotopic (exact) mass is 517 g/mol. The molecule has 38 heavy (non-hydrogen) atoms. The van der Waals surface area contributed by atoms with Gasteiger partial charge in [-0.25, -0.2) is 9.59 Å². The molecule has 0 unspecified atom stereocenters. The topological polar surface area (TPSA) is 140 Å². The minimum absolute atomic E-state index is 0.0322. The number of esters is 2. The molecule has 0 saturated carbocycles. The van der Waals surface area contributed by atoms with Crippen molar-refractivity contribution in [2.75, 3.05) is 28.6 Å². The van der Waals surface area contributed by atoms with Crippen LogP contribution in [0.5, 0.6) is 0 Å². The van der Waals surface area contributed by atoms with Crippen molar-refractivity contribution in [3.63, 3.8) is 0 Å². The van der Waals surface area contributed by atoms with Gasteiger partial charge in [0.15, 0.2) is 0 Å². The average Bonchev–Trinajstić information content (AvgIpc) is 2.96. The summed E-state index contributed by atoms with van der Waals surface area (Å²) in [6, 6.07) is 19.4. The van der Waals surface area contributed by atoms with E-state index in [9.17, 15) is 19.2 Å². The highest BCUT2D eigenvalue weighted by Gasteiger charge is 2.22. The van der Waals surface area contributed by atoms with Crippen LogP contribution in [-0.4, -0.2) is 46.8 Å². The summed E-state index contributed by atoms with van der Waals surface area (Å²) in [5, 5.41) is 4.71. The Bertz CT molecular complexity index is 1190. The number of anilines is 3. The molecule has 1 aliphatic rings. The third-order valence-electron chi connectivity index (χ3n) is 5.66. The Labute approximate surface area is 219 Å². The molecule has 196 valence electrons. The van der Waals surface area contributed by atoms with Gasteiger partial charge in [-0.3, -0.25) is 14.9 Å². The Morgan fingerprint density at radius 2 is 1.24 bits per heavy atom. The van der Waals surface area contributed by atoms with Crippen LogP contribution in [0.3, 0.4) is 0 Å². The lowest BCUT2D eigenvalue weighted by atomic mass is 10.1. The molecule has 1 saturated heterocycles. The molecular formula is C27H27N5O6. The fourth-order valence-corrected chi connectivity index (χ4v) is 3.74. The smallest absolute Gasteiger partial charge is 0.397 e. The first-order valence-electron chi connectivity index (χ1n) is 12.2. The molecule has 0 bridgehead atoms.